The number of rotatable bonds is 6. The highest BCUT2D eigenvalue weighted by atomic mass is 35.5. The van der Waals surface area contributed by atoms with Gasteiger partial charge in [0.2, 0.25) is 0 Å². The molecule has 18 heavy (non-hydrogen) atoms. The first-order chi connectivity index (χ1) is 8.56. The third-order valence-corrected chi connectivity index (χ3v) is 2.98. The fraction of sp³-hybridized carbons (Fsp3) is 0.308. The maximum Gasteiger partial charge on any atom is 0.327 e. The number of hydrogen-bond donors (Lipinski definition) is 2. The SMILES string of the molecule is C=C(S)CCN[C@H](C(=O)OC)c1ccccc1Cl. The van der Waals surface area contributed by atoms with Gasteiger partial charge in [0.15, 0.2) is 0 Å². The Bertz CT molecular complexity index is 437. The number of esters is 1. The van der Waals surface area contributed by atoms with Crippen LogP contribution in [0.4, 0.5) is 0 Å². The largest absolute Gasteiger partial charge is 0.468 e. The van der Waals surface area contributed by atoms with Gasteiger partial charge in [-0.1, -0.05) is 36.4 Å². The molecular formula is C13H16ClNO2S. The Morgan fingerprint density at radius 1 is 1.56 bits per heavy atom. The molecule has 5 heteroatoms. The summed E-state index contributed by atoms with van der Waals surface area (Å²) in [7, 11) is 1.35. The zero-order valence-electron chi connectivity index (χ0n) is 10.1. The van der Waals surface area contributed by atoms with Crippen molar-refractivity contribution in [2.45, 2.75) is 12.5 Å². The minimum atomic E-state index is -0.573. The predicted molar refractivity (Wildman–Crippen MR) is 77.0 cm³/mol. The highest BCUT2D eigenvalue weighted by molar-refractivity contribution is 7.84. The molecule has 0 bridgehead atoms. The quantitative estimate of drug-likeness (QED) is 0.623. The van der Waals surface area contributed by atoms with E-state index in [1.54, 1.807) is 12.1 Å². The maximum absolute atomic E-state index is 11.8. The molecule has 1 aromatic rings. The van der Waals surface area contributed by atoms with E-state index in [0.29, 0.717) is 23.6 Å². The van der Waals surface area contributed by atoms with Gasteiger partial charge >= 0.3 is 5.97 Å². The molecule has 0 saturated heterocycles. The molecule has 0 amide bonds. The Balaban J connectivity index is 2.82. The molecule has 1 N–H and O–H groups in total. The fourth-order valence-corrected chi connectivity index (χ4v) is 1.86. The number of hydrogen-bond acceptors (Lipinski definition) is 4. The second-order valence-corrected chi connectivity index (χ2v) is 4.79. The van der Waals surface area contributed by atoms with Crippen molar-refractivity contribution in [2.75, 3.05) is 13.7 Å². The van der Waals surface area contributed by atoms with Gasteiger partial charge < -0.3 is 10.1 Å². The van der Waals surface area contributed by atoms with Crippen molar-refractivity contribution in [3.8, 4) is 0 Å². The Labute approximate surface area is 118 Å². The van der Waals surface area contributed by atoms with E-state index in [4.69, 9.17) is 16.3 Å². The summed E-state index contributed by atoms with van der Waals surface area (Å²) in [5.41, 5.74) is 0.704. The maximum atomic E-state index is 11.8. The summed E-state index contributed by atoms with van der Waals surface area (Å²) in [4.78, 5) is 12.5. The summed E-state index contributed by atoms with van der Waals surface area (Å²) >= 11 is 10.2. The molecule has 0 saturated carbocycles. The van der Waals surface area contributed by atoms with Gasteiger partial charge in [0, 0.05) is 11.6 Å². The number of carbonyl (C=O) groups excluding carboxylic acids is 1. The Morgan fingerprint density at radius 2 is 2.22 bits per heavy atom. The second kappa shape index (κ2) is 7.46. The van der Waals surface area contributed by atoms with Gasteiger partial charge in [-0.05, 0) is 23.0 Å². The van der Waals surface area contributed by atoms with Crippen LogP contribution in [0.25, 0.3) is 0 Å². The van der Waals surface area contributed by atoms with Crippen LogP contribution in [-0.4, -0.2) is 19.6 Å². The van der Waals surface area contributed by atoms with Gasteiger partial charge in [0.05, 0.1) is 7.11 Å². The summed E-state index contributed by atoms with van der Waals surface area (Å²) in [6, 6.07) is 6.61. The van der Waals surface area contributed by atoms with Gasteiger partial charge in [0.25, 0.3) is 0 Å². The summed E-state index contributed by atoms with van der Waals surface area (Å²) in [5, 5.41) is 3.62. The summed E-state index contributed by atoms with van der Waals surface area (Å²) in [6.45, 7) is 4.27. The lowest BCUT2D eigenvalue weighted by Gasteiger charge is -2.17. The molecule has 0 aromatic heterocycles. The topological polar surface area (TPSA) is 38.3 Å². The second-order valence-electron chi connectivity index (χ2n) is 3.75. The van der Waals surface area contributed by atoms with E-state index in [1.165, 1.54) is 7.11 Å². The van der Waals surface area contributed by atoms with E-state index >= 15 is 0 Å². The number of carbonyl (C=O) groups is 1. The molecular weight excluding hydrogens is 270 g/mol. The van der Waals surface area contributed by atoms with Gasteiger partial charge in [-0.2, -0.15) is 0 Å². The van der Waals surface area contributed by atoms with Gasteiger partial charge in [-0.25, -0.2) is 4.79 Å². The molecule has 0 aliphatic rings. The van der Waals surface area contributed by atoms with Crippen molar-refractivity contribution in [1.29, 1.82) is 0 Å². The Morgan fingerprint density at radius 3 is 2.78 bits per heavy atom. The third-order valence-electron chi connectivity index (χ3n) is 2.42. The van der Waals surface area contributed by atoms with Crippen LogP contribution < -0.4 is 5.32 Å². The van der Waals surface area contributed by atoms with E-state index in [0.717, 1.165) is 4.91 Å². The molecule has 0 aliphatic carbocycles. The standard InChI is InChI=1S/C13H16ClNO2S/c1-9(18)7-8-15-12(13(16)17-2)10-5-3-4-6-11(10)14/h3-6,12,15,18H,1,7-8H2,2H3/t12-/m0/s1. The van der Waals surface area contributed by atoms with Crippen molar-refractivity contribution >= 4 is 30.2 Å². The average molecular weight is 286 g/mol. The lowest BCUT2D eigenvalue weighted by molar-refractivity contribution is -0.143. The minimum Gasteiger partial charge on any atom is -0.468 e. The van der Waals surface area contributed by atoms with E-state index in [1.807, 2.05) is 12.1 Å². The minimum absolute atomic E-state index is 0.368. The van der Waals surface area contributed by atoms with Crippen LogP contribution >= 0.6 is 24.2 Å². The van der Waals surface area contributed by atoms with Gasteiger partial charge in [0.1, 0.15) is 6.04 Å². The van der Waals surface area contributed by atoms with Gasteiger partial charge in [-0.15, -0.1) is 12.6 Å². The van der Waals surface area contributed by atoms with Crippen LogP contribution in [-0.2, 0) is 9.53 Å². The first-order valence-electron chi connectivity index (χ1n) is 5.48. The molecule has 1 atom stereocenters. The summed E-state index contributed by atoms with van der Waals surface area (Å²) < 4.78 is 4.78. The van der Waals surface area contributed by atoms with Crippen LogP contribution in [0.5, 0.6) is 0 Å². The van der Waals surface area contributed by atoms with Crippen LogP contribution in [0.2, 0.25) is 5.02 Å². The highest BCUT2D eigenvalue weighted by Gasteiger charge is 2.22. The molecule has 0 spiro atoms. The van der Waals surface area contributed by atoms with Crippen molar-refractivity contribution in [2.24, 2.45) is 0 Å². The number of ether oxygens (including phenoxy) is 1. The molecule has 0 aliphatic heterocycles. The van der Waals surface area contributed by atoms with E-state index < -0.39 is 6.04 Å². The van der Waals surface area contributed by atoms with Crippen LogP contribution in [0.3, 0.4) is 0 Å². The monoisotopic (exact) mass is 285 g/mol. The predicted octanol–water partition coefficient (Wildman–Crippen LogP) is 2.98. The first-order valence-corrected chi connectivity index (χ1v) is 6.31. The number of methoxy groups -OCH3 is 1. The number of thiol groups is 1. The van der Waals surface area contributed by atoms with E-state index in [9.17, 15) is 4.79 Å². The fourth-order valence-electron chi connectivity index (χ4n) is 1.51. The van der Waals surface area contributed by atoms with E-state index in [-0.39, 0.29) is 5.97 Å². The molecule has 1 aromatic carbocycles. The van der Waals surface area contributed by atoms with Crippen LogP contribution in [0, 0.1) is 0 Å². The summed E-state index contributed by atoms with van der Waals surface area (Å²) in [6.07, 6.45) is 0.668. The average Bonchev–Trinajstić information content (AvgIpc) is 2.35. The Kier molecular flexibility index (Phi) is 6.25. The first kappa shape index (κ1) is 15.1. The molecule has 0 radical (unpaired) electrons. The Hall–Kier alpha value is -0.970. The molecule has 1 rings (SSSR count). The highest BCUT2D eigenvalue weighted by Crippen LogP contribution is 2.23. The van der Waals surface area contributed by atoms with Crippen LogP contribution in [0.15, 0.2) is 35.7 Å². The molecule has 3 nitrogen and oxygen atoms in total. The molecule has 0 heterocycles. The van der Waals surface area contributed by atoms with Crippen molar-refractivity contribution < 1.29 is 9.53 Å². The van der Waals surface area contributed by atoms with Crippen molar-refractivity contribution in [3.05, 3.63) is 46.3 Å². The molecule has 0 unspecified atom stereocenters. The number of nitrogens with one attached hydrogen (secondary N) is 1. The zero-order valence-corrected chi connectivity index (χ0v) is 11.8. The van der Waals surface area contributed by atoms with Gasteiger partial charge in [-0.3, -0.25) is 0 Å². The molecule has 0 fully saturated rings. The smallest absolute Gasteiger partial charge is 0.327 e. The normalized spacial score (nSPS) is 11.9. The summed E-state index contributed by atoms with van der Waals surface area (Å²) in [5.74, 6) is -0.368. The molecule has 98 valence electrons. The van der Waals surface area contributed by atoms with Crippen LogP contribution in [0.1, 0.15) is 18.0 Å². The third kappa shape index (κ3) is 4.37. The zero-order chi connectivity index (χ0) is 13.5. The van der Waals surface area contributed by atoms with Crippen molar-refractivity contribution in [1.82, 2.24) is 5.32 Å². The lowest BCUT2D eigenvalue weighted by Crippen LogP contribution is -2.30. The number of benzene rings is 1. The van der Waals surface area contributed by atoms with E-state index in [2.05, 4.69) is 24.5 Å². The number of halogens is 1. The lowest BCUT2D eigenvalue weighted by atomic mass is 10.1. The van der Waals surface area contributed by atoms with Crippen molar-refractivity contribution in [3.63, 3.8) is 0 Å².